The summed E-state index contributed by atoms with van der Waals surface area (Å²) < 4.78 is 15.6. The molecule has 1 aromatic carbocycles. The van der Waals surface area contributed by atoms with Crippen molar-refractivity contribution in [3.05, 3.63) is 23.3 Å². The molecule has 0 radical (unpaired) electrons. The van der Waals surface area contributed by atoms with Crippen molar-refractivity contribution in [3.8, 4) is 11.5 Å². The van der Waals surface area contributed by atoms with Crippen molar-refractivity contribution in [3.63, 3.8) is 0 Å². The SMILES string of the molecule is COc1c(C2CO2)ccc2c1CC(=O)O2. The molecule has 0 amide bonds. The van der Waals surface area contributed by atoms with Gasteiger partial charge in [-0.25, -0.2) is 0 Å². The minimum atomic E-state index is -0.225. The van der Waals surface area contributed by atoms with Crippen LogP contribution in [0.2, 0.25) is 0 Å². The number of hydrogen-bond donors (Lipinski definition) is 0. The van der Waals surface area contributed by atoms with Crippen LogP contribution in [0.25, 0.3) is 0 Å². The lowest BCUT2D eigenvalue weighted by Gasteiger charge is -2.09. The molecule has 0 N–H and O–H groups in total. The lowest BCUT2D eigenvalue weighted by atomic mass is 10.0. The molecule has 1 unspecified atom stereocenters. The lowest BCUT2D eigenvalue weighted by molar-refractivity contribution is -0.131. The zero-order chi connectivity index (χ0) is 10.4. The molecule has 1 fully saturated rings. The van der Waals surface area contributed by atoms with E-state index in [2.05, 4.69) is 0 Å². The van der Waals surface area contributed by atoms with Crippen LogP contribution in [0.3, 0.4) is 0 Å². The number of benzene rings is 1. The van der Waals surface area contributed by atoms with Gasteiger partial charge in [0.05, 0.1) is 20.1 Å². The molecule has 2 aliphatic heterocycles. The predicted octanol–water partition coefficient (Wildman–Crippen LogP) is 1.23. The number of carbonyl (C=O) groups excluding carboxylic acids is 1. The third-order valence-electron chi connectivity index (χ3n) is 2.68. The molecule has 3 rings (SSSR count). The molecule has 1 atom stereocenters. The second-order valence-corrected chi connectivity index (χ2v) is 3.64. The van der Waals surface area contributed by atoms with E-state index in [0.717, 1.165) is 23.5 Å². The number of methoxy groups -OCH3 is 1. The van der Waals surface area contributed by atoms with E-state index in [1.807, 2.05) is 6.07 Å². The quantitative estimate of drug-likeness (QED) is 0.415. The van der Waals surface area contributed by atoms with E-state index in [1.165, 1.54) is 0 Å². The van der Waals surface area contributed by atoms with E-state index in [9.17, 15) is 4.79 Å². The summed E-state index contributed by atoms with van der Waals surface area (Å²) in [5, 5.41) is 0. The molecule has 0 bridgehead atoms. The maximum Gasteiger partial charge on any atom is 0.315 e. The minimum Gasteiger partial charge on any atom is -0.496 e. The normalized spacial score (nSPS) is 22.2. The predicted molar refractivity (Wildman–Crippen MR) is 51.0 cm³/mol. The molecule has 0 saturated carbocycles. The Hall–Kier alpha value is -1.55. The maximum atomic E-state index is 11.2. The second kappa shape index (κ2) is 2.97. The molecule has 15 heavy (non-hydrogen) atoms. The van der Waals surface area contributed by atoms with Crippen molar-refractivity contribution in [1.82, 2.24) is 0 Å². The highest BCUT2D eigenvalue weighted by atomic mass is 16.6. The Kier molecular flexibility index (Phi) is 1.73. The minimum absolute atomic E-state index is 0.126. The Morgan fingerprint density at radius 2 is 2.27 bits per heavy atom. The van der Waals surface area contributed by atoms with Gasteiger partial charge < -0.3 is 14.2 Å². The maximum absolute atomic E-state index is 11.2. The molecular formula is C11H10O4. The summed E-state index contributed by atoms with van der Waals surface area (Å²) in [6.07, 6.45) is 0.417. The zero-order valence-corrected chi connectivity index (χ0v) is 8.28. The van der Waals surface area contributed by atoms with Crippen LogP contribution >= 0.6 is 0 Å². The largest absolute Gasteiger partial charge is 0.496 e. The van der Waals surface area contributed by atoms with Crippen molar-refractivity contribution >= 4 is 5.97 Å². The third-order valence-corrected chi connectivity index (χ3v) is 2.68. The van der Waals surface area contributed by atoms with Crippen LogP contribution in [-0.4, -0.2) is 19.7 Å². The van der Waals surface area contributed by atoms with Crippen LogP contribution in [0.15, 0.2) is 12.1 Å². The van der Waals surface area contributed by atoms with Gasteiger partial charge in [-0.15, -0.1) is 0 Å². The summed E-state index contributed by atoms with van der Waals surface area (Å²) in [5.74, 6) is 1.12. The Labute approximate surface area is 86.7 Å². The van der Waals surface area contributed by atoms with Gasteiger partial charge in [-0.1, -0.05) is 0 Å². The number of ether oxygens (including phenoxy) is 3. The number of hydrogen-bond acceptors (Lipinski definition) is 4. The summed E-state index contributed by atoms with van der Waals surface area (Å²) in [6, 6.07) is 3.70. The summed E-state index contributed by atoms with van der Waals surface area (Å²) in [7, 11) is 1.60. The summed E-state index contributed by atoms with van der Waals surface area (Å²) >= 11 is 0. The highest BCUT2D eigenvalue weighted by Crippen LogP contribution is 2.43. The summed E-state index contributed by atoms with van der Waals surface area (Å²) in [4.78, 5) is 11.2. The fourth-order valence-corrected chi connectivity index (χ4v) is 1.92. The van der Waals surface area contributed by atoms with E-state index in [0.29, 0.717) is 12.2 Å². The molecular weight excluding hydrogens is 196 g/mol. The third kappa shape index (κ3) is 1.29. The number of fused-ring (bicyclic) bond motifs is 1. The number of rotatable bonds is 2. The standard InChI is InChI=1S/C11H10O4/c1-13-11-6(9-5-14-9)2-3-8-7(11)4-10(12)15-8/h2-3,9H,4-5H2,1H3. The molecule has 0 spiro atoms. The van der Waals surface area contributed by atoms with Gasteiger partial charge >= 0.3 is 5.97 Å². The zero-order valence-electron chi connectivity index (χ0n) is 8.28. The number of carbonyl (C=O) groups is 1. The first-order valence-corrected chi connectivity index (χ1v) is 4.81. The first-order valence-electron chi connectivity index (χ1n) is 4.81. The Balaban J connectivity index is 2.12. The van der Waals surface area contributed by atoms with Gasteiger partial charge in [0.2, 0.25) is 0 Å². The number of epoxide rings is 1. The molecule has 1 aromatic rings. The van der Waals surface area contributed by atoms with E-state index in [1.54, 1.807) is 13.2 Å². The topological polar surface area (TPSA) is 48.1 Å². The molecule has 0 aromatic heterocycles. The fourth-order valence-electron chi connectivity index (χ4n) is 1.92. The molecule has 1 saturated heterocycles. The van der Waals surface area contributed by atoms with Gasteiger partial charge in [0, 0.05) is 11.1 Å². The van der Waals surface area contributed by atoms with E-state index < -0.39 is 0 Å². The van der Waals surface area contributed by atoms with Crippen LogP contribution in [0.4, 0.5) is 0 Å². The van der Waals surface area contributed by atoms with Crippen LogP contribution in [0.1, 0.15) is 17.2 Å². The van der Waals surface area contributed by atoms with Crippen molar-refractivity contribution < 1.29 is 19.0 Å². The molecule has 2 heterocycles. The Morgan fingerprint density at radius 1 is 1.47 bits per heavy atom. The molecule has 4 heteroatoms. The van der Waals surface area contributed by atoms with Gasteiger partial charge in [-0.2, -0.15) is 0 Å². The van der Waals surface area contributed by atoms with Gasteiger partial charge in [0.15, 0.2) is 0 Å². The molecule has 0 aliphatic carbocycles. The van der Waals surface area contributed by atoms with Crippen molar-refractivity contribution in [1.29, 1.82) is 0 Å². The average molecular weight is 206 g/mol. The highest BCUT2D eigenvalue weighted by molar-refractivity contribution is 5.83. The first-order chi connectivity index (χ1) is 7.29. The van der Waals surface area contributed by atoms with Crippen molar-refractivity contribution in [2.45, 2.75) is 12.5 Å². The van der Waals surface area contributed by atoms with Gasteiger partial charge in [0.1, 0.15) is 17.6 Å². The van der Waals surface area contributed by atoms with Gasteiger partial charge in [-0.3, -0.25) is 4.79 Å². The lowest BCUT2D eigenvalue weighted by Crippen LogP contribution is -2.00. The smallest absolute Gasteiger partial charge is 0.315 e. The summed E-state index contributed by atoms with van der Waals surface area (Å²) in [6.45, 7) is 0.726. The highest BCUT2D eigenvalue weighted by Gasteiger charge is 2.33. The van der Waals surface area contributed by atoms with E-state index in [-0.39, 0.29) is 12.1 Å². The van der Waals surface area contributed by atoms with Crippen molar-refractivity contribution in [2.75, 3.05) is 13.7 Å². The summed E-state index contributed by atoms with van der Waals surface area (Å²) in [5.41, 5.74) is 1.85. The van der Waals surface area contributed by atoms with Gasteiger partial charge in [-0.05, 0) is 12.1 Å². The van der Waals surface area contributed by atoms with Crippen LogP contribution in [-0.2, 0) is 16.0 Å². The second-order valence-electron chi connectivity index (χ2n) is 3.64. The molecule has 4 nitrogen and oxygen atoms in total. The fraction of sp³-hybridized carbons (Fsp3) is 0.364. The van der Waals surface area contributed by atoms with Crippen LogP contribution < -0.4 is 9.47 Å². The van der Waals surface area contributed by atoms with Crippen LogP contribution in [0.5, 0.6) is 11.5 Å². The molecule has 78 valence electrons. The molecule has 2 aliphatic rings. The first kappa shape index (κ1) is 8.73. The van der Waals surface area contributed by atoms with Crippen molar-refractivity contribution in [2.24, 2.45) is 0 Å². The Morgan fingerprint density at radius 3 is 2.93 bits per heavy atom. The van der Waals surface area contributed by atoms with E-state index >= 15 is 0 Å². The van der Waals surface area contributed by atoms with Crippen LogP contribution in [0, 0.1) is 0 Å². The van der Waals surface area contributed by atoms with E-state index in [4.69, 9.17) is 14.2 Å². The number of esters is 1. The Bertz CT molecular complexity index is 434. The van der Waals surface area contributed by atoms with Gasteiger partial charge in [0.25, 0.3) is 0 Å². The monoisotopic (exact) mass is 206 g/mol. The average Bonchev–Trinajstić information content (AvgIpc) is 2.98.